The number of carbonyl (C=O) groups excluding carboxylic acids is 2. The third kappa shape index (κ3) is 4.38. The maximum Gasteiger partial charge on any atom is 0.267 e. The fourth-order valence-corrected chi connectivity index (χ4v) is 5.97. The number of nitriles is 1. The minimum atomic E-state index is -0.416. The van der Waals surface area contributed by atoms with Gasteiger partial charge in [-0.1, -0.05) is 6.07 Å². The summed E-state index contributed by atoms with van der Waals surface area (Å²) in [5, 5.41) is 18.8. The van der Waals surface area contributed by atoms with Crippen LogP contribution in [0.3, 0.4) is 0 Å². The van der Waals surface area contributed by atoms with Crippen molar-refractivity contribution in [2.24, 2.45) is 0 Å². The Morgan fingerprint density at radius 1 is 1.08 bits per heavy atom. The van der Waals surface area contributed by atoms with Gasteiger partial charge in [0.15, 0.2) is 5.78 Å². The van der Waals surface area contributed by atoms with Crippen LogP contribution in [0.5, 0.6) is 0 Å². The minimum Gasteiger partial charge on any atom is -0.397 e. The summed E-state index contributed by atoms with van der Waals surface area (Å²) in [4.78, 5) is 31.6. The maximum atomic E-state index is 13.1. The molecule has 0 unspecified atom stereocenters. The van der Waals surface area contributed by atoms with E-state index in [0.29, 0.717) is 27.0 Å². The number of anilines is 3. The van der Waals surface area contributed by atoms with Crippen LogP contribution < -0.4 is 16.8 Å². The molecule has 0 saturated heterocycles. The number of allylic oxidation sites excluding steroid dienone is 1. The second kappa shape index (κ2) is 9.75. The zero-order chi connectivity index (χ0) is 25.2. The first-order valence-electron chi connectivity index (χ1n) is 10.6. The van der Waals surface area contributed by atoms with Gasteiger partial charge in [-0.25, -0.2) is 4.98 Å². The number of nitrogen functional groups attached to an aromatic ring is 2. The van der Waals surface area contributed by atoms with Crippen molar-refractivity contribution in [2.75, 3.05) is 16.8 Å². The average Bonchev–Trinajstić information content (AvgIpc) is 3.64. The number of nitrogens with one attached hydrogen (secondary N) is 1. The SMILES string of the molecule is N#Cc1c(N)nc2sc(C(=O)Nc3ccc(C(=O)C=Cc4cccs4)cc3)c(N)c2c1-c1ccsc1. The summed E-state index contributed by atoms with van der Waals surface area (Å²) >= 11 is 4.14. The molecule has 4 aromatic heterocycles. The Balaban J connectivity index is 1.42. The largest absolute Gasteiger partial charge is 0.397 e. The van der Waals surface area contributed by atoms with Crippen molar-refractivity contribution in [1.29, 1.82) is 5.26 Å². The number of pyridine rings is 1. The molecule has 0 saturated carbocycles. The molecule has 7 nitrogen and oxygen atoms in total. The van der Waals surface area contributed by atoms with Crippen LogP contribution in [0, 0.1) is 11.3 Å². The molecule has 0 atom stereocenters. The summed E-state index contributed by atoms with van der Waals surface area (Å²) in [5.74, 6) is -0.457. The number of carbonyl (C=O) groups is 2. The van der Waals surface area contributed by atoms with Crippen LogP contribution in [-0.4, -0.2) is 16.7 Å². The lowest BCUT2D eigenvalue weighted by molar-refractivity contribution is 0.102. The van der Waals surface area contributed by atoms with Crippen LogP contribution in [0.1, 0.15) is 30.5 Å². The number of nitrogens with zero attached hydrogens (tertiary/aromatic N) is 2. The molecule has 1 aromatic carbocycles. The maximum absolute atomic E-state index is 13.1. The number of fused-ring (bicyclic) bond motifs is 1. The van der Waals surface area contributed by atoms with Crippen LogP contribution in [-0.2, 0) is 0 Å². The minimum absolute atomic E-state index is 0.0905. The summed E-state index contributed by atoms with van der Waals surface area (Å²) in [6.07, 6.45) is 3.30. The van der Waals surface area contributed by atoms with Crippen molar-refractivity contribution in [3.8, 4) is 17.2 Å². The molecular formula is C26H17N5O2S3. The first-order valence-corrected chi connectivity index (χ1v) is 13.2. The van der Waals surface area contributed by atoms with E-state index in [0.717, 1.165) is 21.8 Å². The van der Waals surface area contributed by atoms with Crippen molar-refractivity contribution < 1.29 is 9.59 Å². The summed E-state index contributed by atoms with van der Waals surface area (Å²) in [7, 11) is 0. The molecule has 0 bridgehead atoms. The van der Waals surface area contributed by atoms with Gasteiger partial charge in [0.1, 0.15) is 27.2 Å². The van der Waals surface area contributed by atoms with E-state index in [1.165, 1.54) is 17.4 Å². The molecule has 176 valence electrons. The molecule has 36 heavy (non-hydrogen) atoms. The Bertz CT molecular complexity index is 1660. The number of benzene rings is 1. The van der Waals surface area contributed by atoms with Crippen LogP contribution >= 0.6 is 34.0 Å². The molecule has 0 aliphatic heterocycles. The predicted molar refractivity (Wildman–Crippen MR) is 149 cm³/mol. The van der Waals surface area contributed by atoms with Crippen LogP contribution in [0.25, 0.3) is 27.4 Å². The number of hydrogen-bond donors (Lipinski definition) is 3. The number of ketones is 1. The first-order chi connectivity index (χ1) is 17.5. The van der Waals surface area contributed by atoms with Crippen molar-refractivity contribution in [3.63, 3.8) is 0 Å². The van der Waals surface area contributed by atoms with E-state index in [1.807, 2.05) is 34.3 Å². The smallest absolute Gasteiger partial charge is 0.267 e. The highest BCUT2D eigenvalue weighted by Gasteiger charge is 2.24. The van der Waals surface area contributed by atoms with Crippen molar-refractivity contribution in [3.05, 3.63) is 85.6 Å². The fourth-order valence-electron chi connectivity index (χ4n) is 3.69. The Kier molecular flexibility index (Phi) is 6.35. The average molecular weight is 528 g/mol. The second-order valence-corrected chi connectivity index (χ2v) is 10.4. The van der Waals surface area contributed by atoms with Crippen molar-refractivity contribution in [1.82, 2.24) is 4.98 Å². The van der Waals surface area contributed by atoms with E-state index < -0.39 is 5.91 Å². The summed E-state index contributed by atoms with van der Waals surface area (Å²) < 4.78 is 0. The Hall–Kier alpha value is -4.30. The molecular weight excluding hydrogens is 511 g/mol. The van der Waals surface area contributed by atoms with Crippen LogP contribution in [0.15, 0.2) is 64.7 Å². The lowest BCUT2D eigenvalue weighted by Crippen LogP contribution is -2.12. The van der Waals surface area contributed by atoms with Crippen molar-refractivity contribution in [2.45, 2.75) is 0 Å². The molecule has 0 aliphatic rings. The second-order valence-electron chi connectivity index (χ2n) is 7.64. The van der Waals surface area contributed by atoms with E-state index in [4.69, 9.17) is 11.5 Å². The summed E-state index contributed by atoms with van der Waals surface area (Å²) in [5.41, 5.74) is 15.3. The Morgan fingerprint density at radius 2 is 1.89 bits per heavy atom. The molecule has 1 amide bonds. The Labute approximate surface area is 218 Å². The predicted octanol–water partition coefficient (Wildman–Crippen LogP) is 6.27. The van der Waals surface area contributed by atoms with Crippen LogP contribution in [0.2, 0.25) is 0 Å². The number of amides is 1. The molecule has 5 rings (SSSR count). The van der Waals surface area contributed by atoms with Gasteiger partial charge in [0.05, 0.1) is 5.69 Å². The number of thiophene rings is 3. The first kappa shape index (κ1) is 23.4. The zero-order valence-electron chi connectivity index (χ0n) is 18.5. The van der Waals surface area contributed by atoms with E-state index in [2.05, 4.69) is 16.4 Å². The highest BCUT2D eigenvalue weighted by molar-refractivity contribution is 7.21. The standard InChI is InChI=1S/C26H17N5O2S3/c27-12-18-20(15-9-11-34-13-15)21-22(28)23(36-26(21)31-24(18)29)25(33)30-16-5-3-14(4-6-16)19(32)8-7-17-2-1-10-35-17/h1-11,13H,28H2,(H2,29,31)(H,30,33). The molecule has 5 aromatic rings. The van der Waals surface area contributed by atoms with Gasteiger partial charge in [-0.3, -0.25) is 9.59 Å². The monoisotopic (exact) mass is 527 g/mol. The normalized spacial score (nSPS) is 11.1. The van der Waals surface area contributed by atoms with Gasteiger partial charge in [0.2, 0.25) is 0 Å². The quantitative estimate of drug-likeness (QED) is 0.176. The number of aromatic nitrogens is 1. The fraction of sp³-hybridized carbons (Fsp3) is 0. The van der Waals surface area contributed by atoms with Gasteiger partial charge < -0.3 is 16.8 Å². The zero-order valence-corrected chi connectivity index (χ0v) is 21.0. The van der Waals surface area contributed by atoms with E-state index in [-0.39, 0.29) is 27.7 Å². The third-order valence-corrected chi connectivity index (χ3v) is 8.02. The van der Waals surface area contributed by atoms with Gasteiger partial charge in [-0.15, -0.1) is 22.7 Å². The Morgan fingerprint density at radius 3 is 2.56 bits per heavy atom. The molecule has 0 radical (unpaired) electrons. The van der Waals surface area contributed by atoms with Gasteiger partial charge in [-0.05, 0) is 70.3 Å². The summed E-state index contributed by atoms with van der Waals surface area (Å²) in [6.45, 7) is 0. The molecule has 4 heterocycles. The molecule has 0 spiro atoms. The van der Waals surface area contributed by atoms with Crippen LogP contribution in [0.4, 0.5) is 17.2 Å². The lowest BCUT2D eigenvalue weighted by atomic mass is 9.99. The molecule has 5 N–H and O–H groups in total. The topological polar surface area (TPSA) is 135 Å². The number of hydrogen-bond acceptors (Lipinski definition) is 9. The van der Waals surface area contributed by atoms with Crippen molar-refractivity contribution >= 4 is 79.2 Å². The van der Waals surface area contributed by atoms with E-state index in [1.54, 1.807) is 41.7 Å². The van der Waals surface area contributed by atoms with Gasteiger partial charge in [-0.2, -0.15) is 16.6 Å². The molecule has 0 aliphatic carbocycles. The molecule has 10 heteroatoms. The van der Waals surface area contributed by atoms with E-state index in [9.17, 15) is 14.9 Å². The third-order valence-electron chi connectivity index (χ3n) is 5.40. The number of rotatable bonds is 6. The highest BCUT2D eigenvalue weighted by Crippen LogP contribution is 2.43. The summed E-state index contributed by atoms with van der Waals surface area (Å²) in [6, 6.07) is 14.5. The lowest BCUT2D eigenvalue weighted by Gasteiger charge is -2.08. The van der Waals surface area contributed by atoms with Gasteiger partial charge in [0.25, 0.3) is 5.91 Å². The van der Waals surface area contributed by atoms with Gasteiger partial charge >= 0.3 is 0 Å². The highest BCUT2D eigenvalue weighted by atomic mass is 32.1. The molecule has 0 fully saturated rings. The van der Waals surface area contributed by atoms with E-state index >= 15 is 0 Å². The number of nitrogens with two attached hydrogens (primary N) is 2. The van der Waals surface area contributed by atoms with Gasteiger partial charge in [0, 0.05) is 27.1 Å².